The van der Waals surface area contributed by atoms with Gasteiger partial charge in [0.25, 0.3) is 0 Å². The molecule has 1 aromatic rings. The molecule has 17 heavy (non-hydrogen) atoms. The van der Waals surface area contributed by atoms with Crippen molar-refractivity contribution < 1.29 is 14.3 Å². The van der Waals surface area contributed by atoms with Crippen LogP contribution in [-0.2, 0) is 21.5 Å². The van der Waals surface area contributed by atoms with E-state index in [0.29, 0.717) is 5.69 Å². The highest BCUT2D eigenvalue weighted by molar-refractivity contribution is 5.87. The summed E-state index contributed by atoms with van der Waals surface area (Å²) in [5.41, 5.74) is 2.15. The zero-order chi connectivity index (χ0) is 12.5. The Morgan fingerprint density at radius 2 is 2.29 bits per heavy atom. The van der Waals surface area contributed by atoms with Gasteiger partial charge in [0, 0.05) is 12.8 Å². The molecule has 1 aromatic heterocycles. The maximum Gasteiger partial charge on any atom is 0.356 e. The number of esters is 1. The highest BCUT2D eigenvalue weighted by atomic mass is 16.5. The van der Waals surface area contributed by atoms with Crippen LogP contribution in [-0.4, -0.2) is 24.7 Å². The zero-order valence-electron chi connectivity index (χ0n) is 10.4. The molecule has 0 saturated carbocycles. The molecule has 0 unspecified atom stereocenters. The van der Waals surface area contributed by atoms with Crippen molar-refractivity contribution in [1.29, 1.82) is 0 Å². The van der Waals surface area contributed by atoms with Gasteiger partial charge >= 0.3 is 5.97 Å². The average molecular weight is 235 g/mol. The Morgan fingerprint density at radius 3 is 3.00 bits per heavy atom. The summed E-state index contributed by atoms with van der Waals surface area (Å²) >= 11 is 0. The minimum atomic E-state index is -0.409. The number of ether oxygens (including phenoxy) is 2. The number of carbonyl (C=O) groups excluding carboxylic acids is 1. The fourth-order valence-corrected chi connectivity index (χ4v) is 2.13. The maximum absolute atomic E-state index is 11.5. The second kappa shape index (κ2) is 4.45. The van der Waals surface area contributed by atoms with Gasteiger partial charge < -0.3 is 9.47 Å². The van der Waals surface area contributed by atoms with Crippen molar-refractivity contribution in [2.45, 2.75) is 32.3 Å². The Labute approximate surface area is 101 Å². The summed E-state index contributed by atoms with van der Waals surface area (Å²) in [5.74, 6) is -0.409. The van der Waals surface area contributed by atoms with Gasteiger partial charge in [0.2, 0.25) is 0 Å². The first-order valence-corrected chi connectivity index (χ1v) is 5.76. The van der Waals surface area contributed by atoms with Gasteiger partial charge in [0.05, 0.1) is 12.7 Å². The molecule has 0 saturated heterocycles. The van der Waals surface area contributed by atoms with Crippen LogP contribution in [0.5, 0.6) is 0 Å². The van der Waals surface area contributed by atoms with Crippen molar-refractivity contribution in [2.24, 2.45) is 0 Å². The van der Waals surface area contributed by atoms with Crippen LogP contribution in [0.2, 0.25) is 0 Å². The van der Waals surface area contributed by atoms with Gasteiger partial charge in [-0.2, -0.15) is 0 Å². The third kappa shape index (κ3) is 2.31. The SMILES string of the molecule is COC(=O)c1cc2c(cn1)CCCOC2(C)C. The summed E-state index contributed by atoms with van der Waals surface area (Å²) in [6.45, 7) is 4.76. The first-order chi connectivity index (χ1) is 8.04. The lowest BCUT2D eigenvalue weighted by Crippen LogP contribution is -2.22. The normalized spacial score (nSPS) is 18.1. The molecule has 0 spiro atoms. The van der Waals surface area contributed by atoms with E-state index in [-0.39, 0.29) is 5.60 Å². The van der Waals surface area contributed by atoms with Crippen LogP contribution in [0, 0.1) is 0 Å². The van der Waals surface area contributed by atoms with Gasteiger partial charge in [-0.3, -0.25) is 0 Å². The van der Waals surface area contributed by atoms with Crippen LogP contribution in [0.3, 0.4) is 0 Å². The molecular weight excluding hydrogens is 218 g/mol. The number of rotatable bonds is 1. The van der Waals surface area contributed by atoms with Crippen LogP contribution >= 0.6 is 0 Å². The van der Waals surface area contributed by atoms with E-state index in [2.05, 4.69) is 9.72 Å². The van der Waals surface area contributed by atoms with E-state index in [4.69, 9.17) is 4.74 Å². The molecule has 0 aliphatic carbocycles. The molecule has 0 radical (unpaired) electrons. The van der Waals surface area contributed by atoms with Crippen LogP contribution in [0.4, 0.5) is 0 Å². The van der Waals surface area contributed by atoms with Crippen LogP contribution < -0.4 is 0 Å². The summed E-state index contributed by atoms with van der Waals surface area (Å²) in [7, 11) is 1.36. The molecule has 0 atom stereocenters. The standard InChI is InChI=1S/C13H17NO3/c1-13(2)10-7-11(12(15)16-3)14-8-9(10)5-4-6-17-13/h7-8H,4-6H2,1-3H3. The van der Waals surface area contributed by atoms with Gasteiger partial charge in [-0.05, 0) is 43.9 Å². The number of hydrogen-bond acceptors (Lipinski definition) is 4. The Kier molecular flexibility index (Phi) is 3.15. The van der Waals surface area contributed by atoms with Crippen molar-refractivity contribution >= 4 is 5.97 Å². The van der Waals surface area contributed by atoms with E-state index in [0.717, 1.165) is 30.6 Å². The number of aromatic nitrogens is 1. The minimum Gasteiger partial charge on any atom is -0.464 e. The first-order valence-electron chi connectivity index (χ1n) is 5.76. The molecule has 92 valence electrons. The Morgan fingerprint density at radius 1 is 1.53 bits per heavy atom. The van der Waals surface area contributed by atoms with E-state index in [1.54, 1.807) is 12.3 Å². The molecule has 2 rings (SSSR count). The molecule has 2 heterocycles. The van der Waals surface area contributed by atoms with E-state index in [1.807, 2.05) is 13.8 Å². The molecule has 1 aliphatic heterocycles. The van der Waals surface area contributed by atoms with Crippen LogP contribution in [0.25, 0.3) is 0 Å². The largest absolute Gasteiger partial charge is 0.464 e. The number of fused-ring (bicyclic) bond motifs is 1. The second-order valence-electron chi connectivity index (χ2n) is 4.68. The Balaban J connectivity index is 2.48. The van der Waals surface area contributed by atoms with E-state index in [9.17, 15) is 4.79 Å². The predicted octanol–water partition coefficient (Wildman–Crippen LogP) is 2.07. The molecule has 4 heteroatoms. The molecule has 0 fully saturated rings. The number of aryl methyl sites for hydroxylation is 1. The van der Waals surface area contributed by atoms with Gasteiger partial charge in [-0.25, -0.2) is 9.78 Å². The quantitative estimate of drug-likeness (QED) is 0.699. The minimum absolute atomic E-state index is 0.338. The molecular formula is C13H17NO3. The predicted molar refractivity (Wildman–Crippen MR) is 62.9 cm³/mol. The molecule has 1 aliphatic rings. The lowest BCUT2D eigenvalue weighted by molar-refractivity contribution is -0.0178. The van der Waals surface area contributed by atoms with E-state index >= 15 is 0 Å². The van der Waals surface area contributed by atoms with Crippen molar-refractivity contribution in [3.05, 3.63) is 29.1 Å². The van der Waals surface area contributed by atoms with Crippen molar-refractivity contribution in [2.75, 3.05) is 13.7 Å². The monoisotopic (exact) mass is 235 g/mol. The topological polar surface area (TPSA) is 48.4 Å². The Hall–Kier alpha value is -1.42. The summed E-state index contributed by atoms with van der Waals surface area (Å²) in [4.78, 5) is 15.6. The number of carbonyl (C=O) groups is 1. The molecule has 0 aromatic carbocycles. The summed E-state index contributed by atoms with van der Waals surface area (Å²) in [6.07, 6.45) is 3.68. The van der Waals surface area contributed by atoms with Crippen molar-refractivity contribution in [1.82, 2.24) is 4.98 Å². The highest BCUT2D eigenvalue weighted by Gasteiger charge is 2.28. The molecule has 0 amide bonds. The number of hydrogen-bond donors (Lipinski definition) is 0. The Bertz CT molecular complexity index is 440. The van der Waals surface area contributed by atoms with Gasteiger partial charge in [0.15, 0.2) is 0 Å². The highest BCUT2D eigenvalue weighted by Crippen LogP contribution is 2.31. The molecule has 0 N–H and O–H groups in total. The van der Waals surface area contributed by atoms with Crippen LogP contribution in [0.1, 0.15) is 41.9 Å². The number of nitrogens with zero attached hydrogens (tertiary/aromatic N) is 1. The van der Waals surface area contributed by atoms with E-state index < -0.39 is 5.97 Å². The summed E-state index contributed by atoms with van der Waals surface area (Å²) in [6, 6.07) is 1.78. The third-order valence-corrected chi connectivity index (χ3v) is 3.08. The zero-order valence-corrected chi connectivity index (χ0v) is 10.4. The van der Waals surface area contributed by atoms with Crippen LogP contribution in [0.15, 0.2) is 12.3 Å². The summed E-state index contributed by atoms with van der Waals surface area (Å²) in [5, 5.41) is 0. The fourth-order valence-electron chi connectivity index (χ4n) is 2.13. The van der Waals surface area contributed by atoms with Gasteiger partial charge in [-0.1, -0.05) is 0 Å². The second-order valence-corrected chi connectivity index (χ2v) is 4.68. The maximum atomic E-state index is 11.5. The third-order valence-electron chi connectivity index (χ3n) is 3.08. The smallest absolute Gasteiger partial charge is 0.356 e. The first kappa shape index (κ1) is 12.0. The van der Waals surface area contributed by atoms with Gasteiger partial charge in [0.1, 0.15) is 5.69 Å². The number of methoxy groups -OCH3 is 1. The van der Waals surface area contributed by atoms with E-state index in [1.165, 1.54) is 7.11 Å². The molecule has 0 bridgehead atoms. The van der Waals surface area contributed by atoms with Gasteiger partial charge in [-0.15, -0.1) is 0 Å². The average Bonchev–Trinajstić information content (AvgIpc) is 2.47. The summed E-state index contributed by atoms with van der Waals surface area (Å²) < 4.78 is 10.5. The molecule has 4 nitrogen and oxygen atoms in total. The lowest BCUT2D eigenvalue weighted by atomic mass is 9.93. The van der Waals surface area contributed by atoms with Crippen molar-refractivity contribution in [3.63, 3.8) is 0 Å². The lowest BCUT2D eigenvalue weighted by Gasteiger charge is -2.25. The van der Waals surface area contributed by atoms with Crippen molar-refractivity contribution in [3.8, 4) is 0 Å². The number of pyridine rings is 1. The fraction of sp³-hybridized carbons (Fsp3) is 0.538.